The first-order valence-corrected chi connectivity index (χ1v) is 3.92. The van der Waals surface area contributed by atoms with E-state index in [1.165, 1.54) is 0 Å². The number of hydrogen-bond donors (Lipinski definition) is 0. The molecule has 0 fully saturated rings. The summed E-state index contributed by atoms with van der Waals surface area (Å²) >= 11 is 5.78. The largest absolute Gasteiger partial charge is 0.269 e. The molecule has 0 aromatic heterocycles. The lowest BCUT2D eigenvalue weighted by Gasteiger charge is -1.96. The average molecular weight is 177 g/mol. The van der Waals surface area contributed by atoms with Gasteiger partial charge in [0.25, 0.3) is 0 Å². The maximum atomic E-state index is 8.67. The predicted octanol–water partition coefficient (Wildman–Crippen LogP) is 2.17. The van der Waals surface area contributed by atoms with Gasteiger partial charge in [-0.15, -0.1) is 0 Å². The minimum Gasteiger partial charge on any atom is -0.269 e. The zero-order valence-electron chi connectivity index (χ0n) is 6.21. The summed E-state index contributed by atoms with van der Waals surface area (Å²) in [6.45, 7) is 0.582. The van der Waals surface area contributed by atoms with Crippen LogP contribution >= 0.6 is 11.6 Å². The average Bonchev–Trinajstić information content (AvgIpc) is 2.46. The van der Waals surface area contributed by atoms with Crippen molar-refractivity contribution in [1.29, 1.82) is 5.26 Å². The van der Waals surface area contributed by atoms with E-state index in [0.29, 0.717) is 17.3 Å². The molecule has 1 aromatic rings. The van der Waals surface area contributed by atoms with Crippen molar-refractivity contribution < 1.29 is 0 Å². The molecule has 1 aliphatic rings. The molecule has 58 valence electrons. The van der Waals surface area contributed by atoms with Crippen molar-refractivity contribution in [3.05, 3.63) is 34.3 Å². The van der Waals surface area contributed by atoms with Crippen LogP contribution in [0.15, 0.2) is 23.2 Å². The van der Waals surface area contributed by atoms with Gasteiger partial charge in [0.15, 0.2) is 0 Å². The lowest BCUT2D eigenvalue weighted by atomic mass is 10.1. The number of halogens is 1. The summed E-state index contributed by atoms with van der Waals surface area (Å²) in [5.74, 6) is 0. The van der Waals surface area contributed by atoms with Crippen LogP contribution in [-0.2, 0) is 6.54 Å². The lowest BCUT2D eigenvalue weighted by Crippen LogP contribution is -1.92. The highest BCUT2D eigenvalue weighted by molar-refractivity contribution is 6.31. The molecule has 0 radical (unpaired) electrons. The number of nitrogens with zero attached hydrogens (tertiary/aromatic N) is 2. The second-order valence-corrected chi connectivity index (χ2v) is 3.01. The van der Waals surface area contributed by atoms with Crippen molar-refractivity contribution >= 4 is 17.3 Å². The second kappa shape index (κ2) is 2.62. The zero-order chi connectivity index (χ0) is 8.55. The summed E-state index contributed by atoms with van der Waals surface area (Å²) in [6, 6.07) is 7.51. The normalized spacial score (nSPS) is 13.5. The minimum atomic E-state index is 0.515. The van der Waals surface area contributed by atoms with E-state index in [9.17, 15) is 0 Å². The number of rotatable bonds is 0. The van der Waals surface area contributed by atoms with Crippen molar-refractivity contribution in [2.45, 2.75) is 6.54 Å². The van der Waals surface area contributed by atoms with Gasteiger partial charge in [-0.3, -0.25) is 4.99 Å². The zero-order valence-corrected chi connectivity index (χ0v) is 6.97. The molecule has 0 spiro atoms. The SMILES string of the molecule is N#CC1=NCc2cc(Cl)ccc21. The highest BCUT2D eigenvalue weighted by Gasteiger charge is 2.14. The molecule has 1 heterocycles. The molecule has 3 heteroatoms. The Labute approximate surface area is 75.1 Å². The Morgan fingerprint density at radius 2 is 2.33 bits per heavy atom. The van der Waals surface area contributed by atoms with E-state index < -0.39 is 0 Å². The van der Waals surface area contributed by atoms with Gasteiger partial charge in [0, 0.05) is 10.6 Å². The standard InChI is InChI=1S/C9H5ClN2/c10-7-1-2-8-6(3-7)5-12-9(8)4-11/h1-3H,5H2. The third kappa shape index (κ3) is 0.992. The molecule has 0 bridgehead atoms. The first-order valence-electron chi connectivity index (χ1n) is 3.54. The Kier molecular flexibility index (Phi) is 1.60. The van der Waals surface area contributed by atoms with Crippen molar-refractivity contribution in [3.8, 4) is 6.07 Å². The molecule has 2 rings (SSSR count). The molecule has 0 aliphatic carbocycles. The molecular formula is C9H5ClN2. The molecule has 0 atom stereocenters. The van der Waals surface area contributed by atoms with Gasteiger partial charge in [-0.1, -0.05) is 17.7 Å². The van der Waals surface area contributed by atoms with Crippen molar-refractivity contribution in [3.63, 3.8) is 0 Å². The monoisotopic (exact) mass is 176 g/mol. The van der Waals surface area contributed by atoms with Crippen LogP contribution in [0.4, 0.5) is 0 Å². The highest BCUT2D eigenvalue weighted by Crippen LogP contribution is 2.22. The molecule has 12 heavy (non-hydrogen) atoms. The Morgan fingerprint density at radius 1 is 1.50 bits per heavy atom. The van der Waals surface area contributed by atoms with Gasteiger partial charge < -0.3 is 0 Å². The van der Waals surface area contributed by atoms with Crippen molar-refractivity contribution in [2.24, 2.45) is 4.99 Å². The second-order valence-electron chi connectivity index (χ2n) is 2.58. The van der Waals surface area contributed by atoms with Gasteiger partial charge in [-0.25, -0.2) is 0 Å². The molecule has 0 amide bonds. The van der Waals surface area contributed by atoms with E-state index in [1.807, 2.05) is 18.2 Å². The van der Waals surface area contributed by atoms with Crippen LogP contribution in [0, 0.1) is 11.3 Å². The minimum absolute atomic E-state index is 0.515. The summed E-state index contributed by atoms with van der Waals surface area (Å²) in [4.78, 5) is 4.06. The van der Waals surface area contributed by atoms with E-state index in [1.54, 1.807) is 6.07 Å². The summed E-state index contributed by atoms with van der Waals surface area (Å²) < 4.78 is 0. The molecule has 1 aliphatic heterocycles. The molecule has 2 nitrogen and oxygen atoms in total. The van der Waals surface area contributed by atoms with Gasteiger partial charge in [-0.05, 0) is 17.7 Å². The van der Waals surface area contributed by atoms with Gasteiger partial charge in [0.1, 0.15) is 11.8 Å². The Balaban J connectivity index is 2.56. The van der Waals surface area contributed by atoms with Crippen LogP contribution in [0.3, 0.4) is 0 Å². The van der Waals surface area contributed by atoms with E-state index in [-0.39, 0.29) is 0 Å². The number of nitriles is 1. The fourth-order valence-corrected chi connectivity index (χ4v) is 1.46. The van der Waals surface area contributed by atoms with Crippen molar-refractivity contribution in [2.75, 3.05) is 0 Å². The lowest BCUT2D eigenvalue weighted by molar-refractivity contribution is 1.11. The summed E-state index contributed by atoms with van der Waals surface area (Å²) in [5, 5.41) is 9.37. The highest BCUT2D eigenvalue weighted by atomic mass is 35.5. The van der Waals surface area contributed by atoms with Crippen LogP contribution in [0.5, 0.6) is 0 Å². The maximum absolute atomic E-state index is 8.67. The van der Waals surface area contributed by atoms with Gasteiger partial charge in [-0.2, -0.15) is 5.26 Å². The van der Waals surface area contributed by atoms with E-state index in [0.717, 1.165) is 11.1 Å². The first kappa shape index (κ1) is 7.33. The molecule has 0 saturated carbocycles. The summed E-state index contributed by atoms with van der Waals surface area (Å²) in [7, 11) is 0. The third-order valence-corrected chi connectivity index (χ3v) is 2.07. The topological polar surface area (TPSA) is 36.1 Å². The number of benzene rings is 1. The van der Waals surface area contributed by atoms with Gasteiger partial charge in [0.2, 0.25) is 0 Å². The fourth-order valence-electron chi connectivity index (χ4n) is 1.27. The quantitative estimate of drug-likeness (QED) is 0.597. The fraction of sp³-hybridized carbons (Fsp3) is 0.111. The molecular weight excluding hydrogens is 172 g/mol. The molecule has 0 saturated heterocycles. The van der Waals surface area contributed by atoms with Crippen LogP contribution in [0.25, 0.3) is 0 Å². The molecule has 1 aromatic carbocycles. The van der Waals surface area contributed by atoms with Crippen LogP contribution in [0.1, 0.15) is 11.1 Å². The number of fused-ring (bicyclic) bond motifs is 1. The smallest absolute Gasteiger partial charge is 0.143 e. The van der Waals surface area contributed by atoms with Gasteiger partial charge in [0.05, 0.1) is 6.54 Å². The Bertz CT molecular complexity index is 401. The number of hydrogen-bond acceptors (Lipinski definition) is 2. The van der Waals surface area contributed by atoms with Crippen LogP contribution < -0.4 is 0 Å². The van der Waals surface area contributed by atoms with Crippen LogP contribution in [0.2, 0.25) is 5.02 Å². The third-order valence-electron chi connectivity index (χ3n) is 1.84. The predicted molar refractivity (Wildman–Crippen MR) is 47.3 cm³/mol. The Morgan fingerprint density at radius 3 is 3.08 bits per heavy atom. The Hall–Kier alpha value is -1.33. The molecule has 0 unspecified atom stereocenters. The van der Waals surface area contributed by atoms with Gasteiger partial charge >= 0.3 is 0 Å². The van der Waals surface area contributed by atoms with E-state index in [2.05, 4.69) is 4.99 Å². The van der Waals surface area contributed by atoms with E-state index >= 15 is 0 Å². The summed E-state index contributed by atoms with van der Waals surface area (Å²) in [5.41, 5.74) is 2.47. The maximum Gasteiger partial charge on any atom is 0.143 e. The van der Waals surface area contributed by atoms with Crippen LogP contribution in [-0.4, -0.2) is 5.71 Å². The van der Waals surface area contributed by atoms with E-state index in [4.69, 9.17) is 16.9 Å². The number of aliphatic imine (C=N–C) groups is 1. The van der Waals surface area contributed by atoms with Crippen molar-refractivity contribution in [1.82, 2.24) is 0 Å². The summed E-state index contributed by atoms with van der Waals surface area (Å²) in [6.07, 6.45) is 0. The first-order chi connectivity index (χ1) is 5.81. The molecule has 0 N–H and O–H groups in total.